The SMILES string of the molecule is COc1ccccc1SC1CCN(C(=O)COc2ccc(CO)cc2)C1. The summed E-state index contributed by atoms with van der Waals surface area (Å²) in [5.74, 6) is 1.51. The zero-order chi connectivity index (χ0) is 18.4. The van der Waals surface area contributed by atoms with Gasteiger partial charge in [0.1, 0.15) is 11.5 Å². The van der Waals surface area contributed by atoms with Crippen molar-refractivity contribution in [3.63, 3.8) is 0 Å². The minimum Gasteiger partial charge on any atom is -0.496 e. The van der Waals surface area contributed by atoms with Crippen molar-refractivity contribution >= 4 is 17.7 Å². The molecule has 1 aliphatic heterocycles. The largest absolute Gasteiger partial charge is 0.496 e. The van der Waals surface area contributed by atoms with Gasteiger partial charge >= 0.3 is 0 Å². The number of benzene rings is 2. The molecule has 0 aromatic heterocycles. The average Bonchev–Trinajstić information content (AvgIpc) is 3.15. The quantitative estimate of drug-likeness (QED) is 0.809. The first-order valence-electron chi connectivity index (χ1n) is 8.59. The standard InChI is InChI=1S/C20H23NO4S/c1-24-18-4-2-3-5-19(18)26-17-10-11-21(12-17)20(23)14-25-16-8-6-15(13-22)7-9-16/h2-9,17,22H,10-14H2,1H3. The van der Waals surface area contributed by atoms with Gasteiger partial charge in [-0.05, 0) is 36.2 Å². The molecule has 1 heterocycles. The van der Waals surface area contributed by atoms with E-state index in [1.807, 2.05) is 29.2 Å². The molecule has 0 saturated carbocycles. The molecule has 6 heteroatoms. The highest BCUT2D eigenvalue weighted by molar-refractivity contribution is 8.00. The number of likely N-dealkylation sites (tertiary alicyclic amines) is 1. The molecule has 1 N–H and O–H groups in total. The average molecular weight is 373 g/mol. The summed E-state index contributed by atoms with van der Waals surface area (Å²) in [4.78, 5) is 15.4. The Morgan fingerprint density at radius 1 is 1.23 bits per heavy atom. The second kappa shape index (κ2) is 8.96. The van der Waals surface area contributed by atoms with Gasteiger partial charge in [-0.15, -0.1) is 11.8 Å². The molecule has 1 atom stereocenters. The van der Waals surface area contributed by atoms with Crippen LogP contribution in [0, 0.1) is 0 Å². The van der Waals surface area contributed by atoms with Gasteiger partial charge in [0.2, 0.25) is 0 Å². The number of thioether (sulfide) groups is 1. The Labute approximate surface area is 157 Å². The number of carbonyl (C=O) groups is 1. The fourth-order valence-electron chi connectivity index (χ4n) is 2.87. The van der Waals surface area contributed by atoms with Crippen LogP contribution in [0.15, 0.2) is 53.4 Å². The zero-order valence-corrected chi connectivity index (χ0v) is 15.6. The molecule has 0 radical (unpaired) electrons. The Morgan fingerprint density at radius 3 is 2.73 bits per heavy atom. The lowest BCUT2D eigenvalue weighted by Crippen LogP contribution is -2.33. The number of aliphatic hydroxyl groups is 1. The van der Waals surface area contributed by atoms with Gasteiger partial charge in [-0.25, -0.2) is 0 Å². The highest BCUT2D eigenvalue weighted by atomic mass is 32.2. The summed E-state index contributed by atoms with van der Waals surface area (Å²) >= 11 is 1.76. The Morgan fingerprint density at radius 2 is 2.00 bits per heavy atom. The van der Waals surface area contributed by atoms with Gasteiger partial charge in [0, 0.05) is 23.2 Å². The number of nitrogens with zero attached hydrogens (tertiary/aromatic N) is 1. The predicted molar refractivity (Wildman–Crippen MR) is 102 cm³/mol. The maximum Gasteiger partial charge on any atom is 0.260 e. The van der Waals surface area contributed by atoms with E-state index in [0.29, 0.717) is 17.5 Å². The third-order valence-electron chi connectivity index (χ3n) is 4.33. The predicted octanol–water partition coefficient (Wildman–Crippen LogP) is 2.96. The van der Waals surface area contributed by atoms with Crippen LogP contribution < -0.4 is 9.47 Å². The summed E-state index contributed by atoms with van der Waals surface area (Å²) in [6.07, 6.45) is 0.958. The van der Waals surface area contributed by atoms with E-state index in [9.17, 15) is 4.79 Å². The molecular formula is C20H23NO4S. The molecule has 2 aromatic carbocycles. The first-order valence-corrected chi connectivity index (χ1v) is 9.47. The van der Waals surface area contributed by atoms with Crippen LogP contribution >= 0.6 is 11.8 Å². The Kier molecular flexibility index (Phi) is 6.41. The number of rotatable bonds is 7. The first-order chi connectivity index (χ1) is 12.7. The normalized spacial score (nSPS) is 16.5. The third-order valence-corrected chi connectivity index (χ3v) is 5.64. The molecule has 2 aromatic rings. The minimum atomic E-state index is -0.00174. The van der Waals surface area contributed by atoms with Crippen molar-refractivity contribution < 1.29 is 19.4 Å². The maximum absolute atomic E-state index is 12.4. The fourth-order valence-corrected chi connectivity index (χ4v) is 4.14. The summed E-state index contributed by atoms with van der Waals surface area (Å²) in [6, 6.07) is 15.1. The highest BCUT2D eigenvalue weighted by Gasteiger charge is 2.27. The van der Waals surface area contributed by atoms with E-state index < -0.39 is 0 Å². The summed E-state index contributed by atoms with van der Waals surface area (Å²) in [6.45, 7) is 1.50. The van der Waals surface area contributed by atoms with Gasteiger partial charge in [-0.3, -0.25) is 4.79 Å². The lowest BCUT2D eigenvalue weighted by Gasteiger charge is -2.17. The molecule has 3 rings (SSSR count). The molecule has 26 heavy (non-hydrogen) atoms. The molecule has 1 unspecified atom stereocenters. The van der Waals surface area contributed by atoms with Gasteiger partial charge in [0.25, 0.3) is 5.91 Å². The van der Waals surface area contributed by atoms with Gasteiger partial charge < -0.3 is 19.5 Å². The van der Waals surface area contributed by atoms with E-state index >= 15 is 0 Å². The molecule has 0 bridgehead atoms. The number of hydrogen-bond acceptors (Lipinski definition) is 5. The van der Waals surface area contributed by atoms with Crippen LogP contribution in [-0.4, -0.2) is 48.0 Å². The highest BCUT2D eigenvalue weighted by Crippen LogP contribution is 2.35. The van der Waals surface area contributed by atoms with Crippen molar-refractivity contribution in [2.45, 2.75) is 23.2 Å². The molecule has 5 nitrogen and oxygen atoms in total. The number of para-hydroxylation sites is 1. The van der Waals surface area contributed by atoms with Crippen molar-refractivity contribution in [2.24, 2.45) is 0 Å². The molecule has 1 saturated heterocycles. The summed E-state index contributed by atoms with van der Waals surface area (Å²) < 4.78 is 11.0. The molecule has 0 aliphatic carbocycles. The monoisotopic (exact) mass is 373 g/mol. The van der Waals surface area contributed by atoms with Gasteiger partial charge in [0.15, 0.2) is 6.61 Å². The molecular weight excluding hydrogens is 350 g/mol. The van der Waals surface area contributed by atoms with Gasteiger partial charge in [-0.1, -0.05) is 24.3 Å². The van der Waals surface area contributed by atoms with Crippen molar-refractivity contribution in [3.05, 3.63) is 54.1 Å². The van der Waals surface area contributed by atoms with Crippen LogP contribution in [0.5, 0.6) is 11.5 Å². The van der Waals surface area contributed by atoms with E-state index in [4.69, 9.17) is 14.6 Å². The summed E-state index contributed by atoms with van der Waals surface area (Å²) in [7, 11) is 1.67. The first kappa shape index (κ1) is 18.6. The number of ether oxygens (including phenoxy) is 2. The summed E-state index contributed by atoms with van der Waals surface area (Å²) in [5, 5.41) is 9.40. The summed E-state index contributed by atoms with van der Waals surface area (Å²) in [5.41, 5.74) is 0.819. The lowest BCUT2D eigenvalue weighted by atomic mass is 10.2. The maximum atomic E-state index is 12.4. The Balaban J connectivity index is 1.49. The number of amides is 1. The Bertz CT molecular complexity index is 735. The van der Waals surface area contributed by atoms with E-state index in [1.165, 1.54) is 0 Å². The van der Waals surface area contributed by atoms with Crippen LogP contribution in [-0.2, 0) is 11.4 Å². The van der Waals surface area contributed by atoms with Crippen molar-refractivity contribution in [1.29, 1.82) is 0 Å². The van der Waals surface area contributed by atoms with E-state index in [2.05, 4.69) is 0 Å². The molecule has 1 amide bonds. The van der Waals surface area contributed by atoms with E-state index in [-0.39, 0.29) is 19.1 Å². The molecule has 1 fully saturated rings. The topological polar surface area (TPSA) is 59.0 Å². The molecule has 138 valence electrons. The van der Waals surface area contributed by atoms with Crippen molar-refractivity contribution in [1.82, 2.24) is 4.90 Å². The molecule has 1 aliphatic rings. The molecule has 0 spiro atoms. The van der Waals surface area contributed by atoms with Crippen molar-refractivity contribution in [2.75, 3.05) is 26.8 Å². The van der Waals surface area contributed by atoms with Crippen LogP contribution in [0.3, 0.4) is 0 Å². The fraction of sp³-hybridized carbons (Fsp3) is 0.350. The third kappa shape index (κ3) is 4.71. The van der Waals surface area contributed by atoms with E-state index in [1.54, 1.807) is 43.1 Å². The number of methoxy groups -OCH3 is 1. The van der Waals surface area contributed by atoms with Gasteiger partial charge in [0.05, 0.1) is 13.7 Å². The zero-order valence-electron chi connectivity index (χ0n) is 14.8. The Hall–Kier alpha value is -2.18. The van der Waals surface area contributed by atoms with Crippen LogP contribution in [0.25, 0.3) is 0 Å². The lowest BCUT2D eigenvalue weighted by molar-refractivity contribution is -0.132. The van der Waals surface area contributed by atoms with Crippen LogP contribution in [0.2, 0.25) is 0 Å². The number of hydrogen-bond donors (Lipinski definition) is 1. The smallest absolute Gasteiger partial charge is 0.260 e. The minimum absolute atomic E-state index is 0.000591. The van der Waals surface area contributed by atoms with Crippen LogP contribution in [0.4, 0.5) is 0 Å². The van der Waals surface area contributed by atoms with Crippen molar-refractivity contribution in [3.8, 4) is 11.5 Å². The number of aliphatic hydroxyl groups excluding tert-OH is 1. The van der Waals surface area contributed by atoms with Crippen LogP contribution in [0.1, 0.15) is 12.0 Å². The van der Waals surface area contributed by atoms with E-state index in [0.717, 1.165) is 29.2 Å². The second-order valence-electron chi connectivity index (χ2n) is 6.11. The second-order valence-corrected chi connectivity index (χ2v) is 7.45. The number of carbonyl (C=O) groups excluding carboxylic acids is 1. The van der Waals surface area contributed by atoms with Gasteiger partial charge in [-0.2, -0.15) is 0 Å².